The Balaban J connectivity index is 0.000000317. The first-order valence-corrected chi connectivity index (χ1v) is 26.5. The Morgan fingerprint density at radius 1 is 0.386 bits per heavy atom. The molecule has 382 valence electrons. The van der Waals surface area contributed by atoms with E-state index in [0.717, 1.165) is 40.8 Å². The quantitative estimate of drug-likeness (QED) is 0.0499. The third kappa shape index (κ3) is 20.9. The topological polar surface area (TPSA) is 114 Å². The lowest BCUT2D eigenvalue weighted by Crippen LogP contribution is -2.41. The molecule has 0 unspecified atom stereocenters. The highest BCUT2D eigenvalue weighted by Crippen LogP contribution is 2.37. The van der Waals surface area contributed by atoms with Crippen molar-refractivity contribution in [2.75, 3.05) is 39.6 Å². The summed E-state index contributed by atoms with van der Waals surface area (Å²) in [5.41, 5.74) is 6.53. The van der Waals surface area contributed by atoms with Gasteiger partial charge < -0.3 is 47.8 Å². The average molecular weight is 1220 g/mol. The van der Waals surface area contributed by atoms with Crippen molar-refractivity contribution in [1.82, 2.24) is 0 Å². The van der Waals surface area contributed by atoms with E-state index >= 15 is 0 Å². The van der Waals surface area contributed by atoms with Gasteiger partial charge in [0.05, 0.1) is 88.5 Å². The summed E-state index contributed by atoms with van der Waals surface area (Å²) in [4.78, 5) is 0. The maximum Gasteiger partial charge on any atom is 0.494 e. The van der Waals surface area contributed by atoms with E-state index in [2.05, 4.69) is 156 Å². The number of hydrogen-bond acceptors (Lipinski definition) is 10. The largest absolute Gasteiger partial charge is 0.494 e. The minimum Gasteiger partial charge on any atom is -0.399 e. The molecule has 0 amide bonds. The Hall–Kier alpha value is -2.25. The van der Waals surface area contributed by atoms with Crippen LogP contribution in [0.3, 0.4) is 0 Å². The van der Waals surface area contributed by atoms with Gasteiger partial charge in [0.2, 0.25) is 0 Å². The van der Waals surface area contributed by atoms with E-state index in [1.165, 1.54) is 16.7 Å². The first kappa shape index (κ1) is 62.0. The Kier molecular flexibility index (Phi) is 27.3. The fourth-order valence-electron chi connectivity index (χ4n) is 6.23. The van der Waals surface area contributed by atoms with Crippen LogP contribution in [0.15, 0.2) is 135 Å². The number of aliphatic hydroxyl groups excluding tert-OH is 2. The highest BCUT2D eigenvalue weighted by molar-refractivity contribution is 9.11. The second-order valence-electron chi connectivity index (χ2n) is 18.3. The van der Waals surface area contributed by atoms with Gasteiger partial charge in [-0.25, -0.2) is 0 Å². The molecule has 2 N–H and O–H groups in total. The molecule has 70 heavy (non-hydrogen) atoms. The van der Waals surface area contributed by atoms with Crippen molar-refractivity contribution in [3.8, 4) is 0 Å². The van der Waals surface area contributed by atoms with Crippen LogP contribution in [-0.2, 0) is 69.3 Å². The lowest BCUT2D eigenvalue weighted by atomic mass is 9.79. The van der Waals surface area contributed by atoms with Crippen LogP contribution >= 0.6 is 63.7 Å². The number of aliphatic hydroxyl groups is 2. The van der Waals surface area contributed by atoms with Crippen LogP contribution < -0.4 is 10.9 Å². The highest BCUT2D eigenvalue weighted by atomic mass is 79.9. The maximum absolute atomic E-state index is 7.62. The van der Waals surface area contributed by atoms with E-state index in [1.54, 1.807) is 0 Å². The fraction of sp³-hybridized carbons (Fsp3) is 0.444. The Bertz CT molecular complexity index is 2030. The summed E-state index contributed by atoms with van der Waals surface area (Å²) >= 11 is 13.5. The molecular formula is C54H72B2Br4O10. The zero-order valence-corrected chi connectivity index (χ0v) is 47.5. The van der Waals surface area contributed by atoms with Crippen molar-refractivity contribution >= 4 is 88.9 Å². The zero-order valence-electron chi connectivity index (χ0n) is 41.2. The Labute approximate surface area is 452 Å². The number of hydrogen-bond donors (Lipinski definition) is 2. The van der Waals surface area contributed by atoms with E-state index in [4.69, 9.17) is 47.8 Å². The minimum absolute atomic E-state index is 0. The molecular weight excluding hydrogens is 1150 g/mol. The van der Waals surface area contributed by atoms with Gasteiger partial charge >= 0.3 is 14.2 Å². The van der Waals surface area contributed by atoms with Gasteiger partial charge in [-0.3, -0.25) is 0 Å². The van der Waals surface area contributed by atoms with Crippen LogP contribution in [0.4, 0.5) is 0 Å². The van der Waals surface area contributed by atoms with Crippen molar-refractivity contribution in [2.45, 2.75) is 117 Å². The molecule has 0 aliphatic carbocycles. The molecule has 0 radical (unpaired) electrons. The molecule has 0 spiro atoms. The summed E-state index contributed by atoms with van der Waals surface area (Å²) in [6.07, 6.45) is 0. The molecule has 2 aliphatic heterocycles. The summed E-state index contributed by atoms with van der Waals surface area (Å²) in [7, 11) is -0.686. The van der Waals surface area contributed by atoms with Gasteiger partial charge in [-0.05, 0) is 131 Å². The predicted octanol–water partition coefficient (Wildman–Crippen LogP) is 11.9. The van der Waals surface area contributed by atoms with Gasteiger partial charge in [-0.15, -0.1) is 0 Å². The molecule has 0 aromatic heterocycles. The second kappa shape index (κ2) is 30.8. The number of benzene rings is 5. The second-order valence-corrected chi connectivity index (χ2v) is 21.6. The summed E-state index contributed by atoms with van der Waals surface area (Å²) in [5.74, 6) is 0. The monoisotopic (exact) mass is 1220 g/mol. The Morgan fingerprint density at radius 3 is 0.814 bits per heavy atom. The van der Waals surface area contributed by atoms with Crippen LogP contribution in [0.25, 0.3) is 0 Å². The molecule has 16 heteroatoms. The molecule has 5 aromatic carbocycles. The van der Waals surface area contributed by atoms with E-state index in [1.807, 2.05) is 84.9 Å². The molecule has 2 aliphatic rings. The molecule has 0 saturated carbocycles. The van der Waals surface area contributed by atoms with E-state index in [9.17, 15) is 0 Å². The molecule has 10 nitrogen and oxygen atoms in total. The van der Waals surface area contributed by atoms with Crippen molar-refractivity contribution in [3.05, 3.63) is 163 Å². The lowest BCUT2D eigenvalue weighted by Gasteiger charge is -2.32. The zero-order chi connectivity index (χ0) is 50.5. The summed E-state index contributed by atoms with van der Waals surface area (Å²) in [6, 6.07) is 40.9. The maximum atomic E-state index is 7.62. The molecule has 5 aromatic rings. The fourth-order valence-corrected chi connectivity index (χ4v) is 7.40. The standard InChI is InChI=1S/C28H40B2O6.C16H16Br2O2.C7H6Br2.C2H6O2.CH4/c1-25(2)26(3,4)34-29(33-25)23-13-9-21(10-14-23)19-31-17-18-32-20-22-11-15-24(16-12-22)30-35-27(5,6)28(7,8)36-30;17-15-5-1-13(2-6-15)11-19-9-10-20-12-14-3-7-16(18)8-4-14;8-5-6-1-3-7(9)4-2-6;3-1-2-4;/h9-16H,17-20H2,1-8H3;1-8H,9-12H2;1-4H,5H2;3-4H,1-2H2;1H4. The summed E-state index contributed by atoms with van der Waals surface area (Å²) in [6.45, 7) is 20.8. The van der Waals surface area contributed by atoms with Gasteiger partial charge in [-0.1, -0.05) is 156 Å². The SMILES string of the molecule is BrCc1ccc(Br)cc1.Brc1ccc(COCCOCc2ccc(Br)cc2)cc1.C.CC1(C)OB(c2ccc(COCCOCc3ccc(B4OC(C)(C)C(C)(C)O4)cc3)cc2)OC1(C)C.OCCO. The van der Waals surface area contributed by atoms with Crippen molar-refractivity contribution in [2.24, 2.45) is 0 Å². The summed E-state index contributed by atoms with van der Waals surface area (Å²) in [5, 5.41) is 16.2. The predicted molar refractivity (Wildman–Crippen MR) is 299 cm³/mol. The summed E-state index contributed by atoms with van der Waals surface area (Å²) < 4.78 is 50.5. The smallest absolute Gasteiger partial charge is 0.399 e. The third-order valence-corrected chi connectivity index (χ3v) is 14.1. The van der Waals surface area contributed by atoms with Gasteiger partial charge in [0, 0.05) is 18.7 Å². The van der Waals surface area contributed by atoms with Gasteiger partial charge in [0.25, 0.3) is 0 Å². The molecule has 2 saturated heterocycles. The van der Waals surface area contributed by atoms with Crippen LogP contribution in [0, 0.1) is 0 Å². The molecule has 2 heterocycles. The minimum atomic E-state index is -0.343. The number of halogens is 4. The van der Waals surface area contributed by atoms with Gasteiger partial charge in [0.15, 0.2) is 0 Å². The number of ether oxygens (including phenoxy) is 4. The van der Waals surface area contributed by atoms with Crippen LogP contribution in [0.5, 0.6) is 0 Å². The Morgan fingerprint density at radius 2 is 0.600 bits per heavy atom. The van der Waals surface area contributed by atoms with E-state index in [0.29, 0.717) is 52.9 Å². The number of rotatable bonds is 18. The van der Waals surface area contributed by atoms with Crippen LogP contribution in [0.1, 0.15) is 90.6 Å². The molecule has 0 atom stereocenters. The van der Waals surface area contributed by atoms with Gasteiger partial charge in [-0.2, -0.15) is 0 Å². The van der Waals surface area contributed by atoms with E-state index < -0.39 is 0 Å². The first-order chi connectivity index (χ1) is 32.8. The normalized spacial score (nSPS) is 15.9. The van der Waals surface area contributed by atoms with Crippen molar-refractivity contribution < 1.29 is 47.8 Å². The molecule has 2 fully saturated rings. The number of alkyl halides is 1. The molecule has 0 bridgehead atoms. The van der Waals surface area contributed by atoms with Crippen LogP contribution in [0.2, 0.25) is 0 Å². The van der Waals surface area contributed by atoms with Gasteiger partial charge in [0.1, 0.15) is 0 Å². The molecule has 7 rings (SSSR count). The van der Waals surface area contributed by atoms with Crippen molar-refractivity contribution in [3.63, 3.8) is 0 Å². The van der Waals surface area contributed by atoms with Crippen LogP contribution in [-0.4, -0.2) is 86.5 Å². The van der Waals surface area contributed by atoms with Crippen molar-refractivity contribution in [1.29, 1.82) is 0 Å². The third-order valence-electron chi connectivity index (χ3n) is 11.8. The lowest BCUT2D eigenvalue weighted by molar-refractivity contribution is 0.00578. The van der Waals surface area contributed by atoms with E-state index in [-0.39, 0.29) is 57.3 Å². The highest BCUT2D eigenvalue weighted by Gasteiger charge is 2.52. The average Bonchev–Trinajstić information content (AvgIpc) is 3.70. The first-order valence-electron chi connectivity index (χ1n) is 23.0.